The average Bonchev–Trinajstić information content (AvgIpc) is 3.56. The highest BCUT2D eigenvalue weighted by molar-refractivity contribution is 8.18. The summed E-state index contributed by atoms with van der Waals surface area (Å²) in [6, 6.07) is 23.9. The number of carbonyl (C=O) groups is 1. The lowest BCUT2D eigenvalue weighted by Gasteiger charge is -2.35. The van der Waals surface area contributed by atoms with Crippen LogP contribution < -0.4 is 4.74 Å². The third-order valence-electron chi connectivity index (χ3n) is 6.81. The van der Waals surface area contributed by atoms with Crippen molar-refractivity contribution in [3.63, 3.8) is 0 Å². The molecule has 3 heterocycles. The van der Waals surface area contributed by atoms with Crippen LogP contribution in [-0.2, 0) is 16.1 Å². The molecule has 4 aromatic rings. The highest BCUT2D eigenvalue weighted by Crippen LogP contribution is 2.35. The monoisotopic (exact) mass is 568 g/mol. The number of halogens is 1. The third-order valence-corrected chi connectivity index (χ3v) is 7.85. The van der Waals surface area contributed by atoms with E-state index in [-0.39, 0.29) is 30.5 Å². The summed E-state index contributed by atoms with van der Waals surface area (Å²) in [5.74, 6) is 0.0174. The Kier molecular flexibility index (Phi) is 7.71. The third kappa shape index (κ3) is 6.11. The SMILES string of the molecule is CC1CN(C2=NC(=O)/C(=C/c3cn(-c4ccccc4)nc3-c3cccc(OCc4ccccc4F)c3)S2)CC(C)O1. The molecule has 2 aliphatic rings. The molecule has 1 aromatic heterocycles. The van der Waals surface area contributed by atoms with Crippen molar-refractivity contribution in [2.24, 2.45) is 4.99 Å². The second kappa shape index (κ2) is 11.7. The van der Waals surface area contributed by atoms with Gasteiger partial charge in [0.05, 0.1) is 22.8 Å². The van der Waals surface area contributed by atoms with Gasteiger partial charge in [-0.3, -0.25) is 4.79 Å². The number of hydrogen-bond donors (Lipinski definition) is 0. The standard InChI is InChI=1S/C32H29FN4O3S/c1-21-17-36(18-22(2)40-21)32-34-31(38)29(41-32)16-25-19-37(26-11-4-3-5-12-26)35-30(25)23-10-8-13-27(15-23)39-20-24-9-6-7-14-28(24)33/h3-16,19,21-22H,17-18,20H2,1-2H3/b29-16-. The number of aliphatic imine (C=N–C) groups is 1. The quantitative estimate of drug-likeness (QED) is 0.253. The van der Waals surface area contributed by atoms with Crippen LogP contribution in [0.4, 0.5) is 4.39 Å². The lowest BCUT2D eigenvalue weighted by Crippen LogP contribution is -2.47. The Bertz CT molecular complexity index is 1620. The van der Waals surface area contributed by atoms with Crippen LogP contribution in [0.3, 0.4) is 0 Å². The minimum atomic E-state index is -0.305. The molecule has 2 unspecified atom stereocenters. The fourth-order valence-electron chi connectivity index (χ4n) is 4.95. The number of amides is 1. The van der Waals surface area contributed by atoms with Crippen molar-refractivity contribution in [1.82, 2.24) is 14.7 Å². The van der Waals surface area contributed by atoms with Gasteiger partial charge in [0.25, 0.3) is 5.91 Å². The van der Waals surface area contributed by atoms with Gasteiger partial charge in [-0.15, -0.1) is 0 Å². The van der Waals surface area contributed by atoms with Crippen molar-refractivity contribution < 1.29 is 18.7 Å². The zero-order valence-corrected chi connectivity index (χ0v) is 23.6. The van der Waals surface area contributed by atoms with Gasteiger partial charge in [0, 0.05) is 36.0 Å². The Morgan fingerprint density at radius 1 is 1.02 bits per heavy atom. The van der Waals surface area contributed by atoms with Gasteiger partial charge in [-0.25, -0.2) is 9.07 Å². The number of morpholine rings is 1. The summed E-state index contributed by atoms with van der Waals surface area (Å²) >= 11 is 1.38. The van der Waals surface area contributed by atoms with Gasteiger partial charge in [0.15, 0.2) is 5.17 Å². The minimum Gasteiger partial charge on any atom is -0.489 e. The molecular formula is C32H29FN4O3S. The lowest BCUT2D eigenvalue weighted by molar-refractivity contribution is -0.113. The van der Waals surface area contributed by atoms with E-state index in [1.165, 1.54) is 17.8 Å². The summed E-state index contributed by atoms with van der Waals surface area (Å²) in [5, 5.41) is 5.59. The number of amidine groups is 1. The maximum atomic E-state index is 14.1. The van der Waals surface area contributed by atoms with E-state index in [9.17, 15) is 9.18 Å². The molecule has 0 bridgehead atoms. The molecule has 1 fully saturated rings. The fourth-order valence-corrected chi connectivity index (χ4v) is 5.87. The topological polar surface area (TPSA) is 69.0 Å². The molecule has 0 saturated carbocycles. The molecular weight excluding hydrogens is 539 g/mol. The molecule has 0 N–H and O–H groups in total. The molecule has 0 aliphatic carbocycles. The Labute approximate surface area is 242 Å². The number of carbonyl (C=O) groups excluding carboxylic acids is 1. The number of rotatable bonds is 6. The molecule has 3 aromatic carbocycles. The summed E-state index contributed by atoms with van der Waals surface area (Å²) < 4.78 is 27.7. The number of thioether (sulfide) groups is 1. The molecule has 9 heteroatoms. The number of hydrogen-bond acceptors (Lipinski definition) is 6. The molecule has 0 spiro atoms. The number of nitrogens with zero attached hydrogens (tertiary/aromatic N) is 4. The van der Waals surface area contributed by atoms with E-state index in [1.54, 1.807) is 22.9 Å². The summed E-state index contributed by atoms with van der Waals surface area (Å²) in [6.45, 7) is 5.54. The van der Waals surface area contributed by atoms with Gasteiger partial charge in [0.1, 0.15) is 23.9 Å². The van der Waals surface area contributed by atoms with Crippen LogP contribution in [0.15, 0.2) is 95.0 Å². The molecule has 7 nitrogen and oxygen atoms in total. The molecule has 6 rings (SSSR count). The predicted molar refractivity (Wildman–Crippen MR) is 159 cm³/mol. The largest absolute Gasteiger partial charge is 0.489 e. The number of benzene rings is 3. The van der Waals surface area contributed by atoms with Crippen molar-refractivity contribution in [3.8, 4) is 22.7 Å². The van der Waals surface area contributed by atoms with Crippen molar-refractivity contribution in [2.75, 3.05) is 13.1 Å². The van der Waals surface area contributed by atoms with E-state index in [1.807, 2.05) is 80.7 Å². The van der Waals surface area contributed by atoms with Crippen LogP contribution in [0.2, 0.25) is 0 Å². The normalized spacial score (nSPS) is 20.0. The van der Waals surface area contributed by atoms with Crippen molar-refractivity contribution in [2.45, 2.75) is 32.7 Å². The van der Waals surface area contributed by atoms with Crippen LogP contribution in [0.1, 0.15) is 25.0 Å². The second-order valence-corrected chi connectivity index (χ2v) is 11.1. The number of ether oxygens (including phenoxy) is 2. The first kappa shape index (κ1) is 27.0. The fraction of sp³-hybridized carbons (Fsp3) is 0.219. The number of para-hydroxylation sites is 1. The summed E-state index contributed by atoms with van der Waals surface area (Å²) in [4.78, 5) is 20.0. The first-order valence-corrected chi connectivity index (χ1v) is 14.3. The van der Waals surface area contributed by atoms with Crippen LogP contribution >= 0.6 is 11.8 Å². The van der Waals surface area contributed by atoms with Crippen LogP contribution in [0.25, 0.3) is 23.0 Å². The van der Waals surface area contributed by atoms with E-state index >= 15 is 0 Å². The summed E-state index contributed by atoms with van der Waals surface area (Å²) in [6.07, 6.45) is 3.89. The molecule has 1 amide bonds. The van der Waals surface area contributed by atoms with E-state index in [0.29, 0.717) is 40.2 Å². The van der Waals surface area contributed by atoms with Crippen LogP contribution in [0.5, 0.6) is 5.75 Å². The van der Waals surface area contributed by atoms with Gasteiger partial charge in [-0.1, -0.05) is 48.5 Å². The Balaban J connectivity index is 1.31. The van der Waals surface area contributed by atoms with E-state index < -0.39 is 0 Å². The smallest absolute Gasteiger partial charge is 0.286 e. The zero-order chi connectivity index (χ0) is 28.3. The van der Waals surface area contributed by atoms with Gasteiger partial charge in [-0.05, 0) is 62.0 Å². The summed E-state index contributed by atoms with van der Waals surface area (Å²) in [5.41, 5.74) is 3.64. The van der Waals surface area contributed by atoms with Crippen LogP contribution in [-0.4, -0.2) is 51.1 Å². The maximum Gasteiger partial charge on any atom is 0.286 e. The minimum absolute atomic E-state index is 0.0637. The zero-order valence-electron chi connectivity index (χ0n) is 22.7. The van der Waals surface area contributed by atoms with Crippen molar-refractivity contribution in [1.29, 1.82) is 0 Å². The molecule has 2 aliphatic heterocycles. The highest BCUT2D eigenvalue weighted by Gasteiger charge is 2.31. The Hall–Kier alpha value is -4.21. The molecule has 2 atom stereocenters. The first-order valence-electron chi connectivity index (χ1n) is 13.5. The summed E-state index contributed by atoms with van der Waals surface area (Å²) in [7, 11) is 0. The van der Waals surface area contributed by atoms with E-state index in [2.05, 4.69) is 9.89 Å². The average molecular weight is 569 g/mol. The first-order chi connectivity index (χ1) is 19.9. The van der Waals surface area contributed by atoms with Gasteiger partial charge in [-0.2, -0.15) is 10.1 Å². The number of aromatic nitrogens is 2. The molecule has 1 saturated heterocycles. The van der Waals surface area contributed by atoms with E-state index in [4.69, 9.17) is 14.6 Å². The van der Waals surface area contributed by atoms with Crippen LogP contribution in [0, 0.1) is 5.82 Å². The van der Waals surface area contributed by atoms with Crippen molar-refractivity contribution >= 4 is 28.9 Å². The Morgan fingerprint density at radius 2 is 1.78 bits per heavy atom. The van der Waals surface area contributed by atoms with Crippen molar-refractivity contribution in [3.05, 3.63) is 107 Å². The molecule has 41 heavy (non-hydrogen) atoms. The Morgan fingerprint density at radius 3 is 2.56 bits per heavy atom. The molecule has 0 radical (unpaired) electrons. The molecule has 208 valence electrons. The van der Waals surface area contributed by atoms with Gasteiger partial charge in [0.2, 0.25) is 0 Å². The van der Waals surface area contributed by atoms with Gasteiger partial charge < -0.3 is 14.4 Å². The highest BCUT2D eigenvalue weighted by atomic mass is 32.2. The van der Waals surface area contributed by atoms with Gasteiger partial charge >= 0.3 is 0 Å². The predicted octanol–water partition coefficient (Wildman–Crippen LogP) is 6.34. The second-order valence-electron chi connectivity index (χ2n) is 10.1. The van der Waals surface area contributed by atoms with E-state index in [0.717, 1.165) is 16.8 Å². The maximum absolute atomic E-state index is 14.1. The lowest BCUT2D eigenvalue weighted by atomic mass is 10.1.